The van der Waals surface area contributed by atoms with Crippen LogP contribution in [0.4, 0.5) is 5.69 Å². The van der Waals surface area contributed by atoms with Crippen molar-refractivity contribution >= 4 is 27.6 Å². The highest BCUT2D eigenvalue weighted by Crippen LogP contribution is 2.22. The summed E-state index contributed by atoms with van der Waals surface area (Å²) in [6, 6.07) is 5.88. The van der Waals surface area contributed by atoms with E-state index in [1.807, 2.05) is 0 Å². The fourth-order valence-corrected chi connectivity index (χ4v) is 4.30. The molecule has 9 nitrogen and oxygen atoms in total. The highest BCUT2D eigenvalue weighted by molar-refractivity contribution is 7.89. The SMILES string of the molecule is C[C@H](OC(=O)C1=COCCO1)C(=O)Nc1ccc(S(=O)(=O)N2CCCC2)cc1. The van der Waals surface area contributed by atoms with E-state index in [4.69, 9.17) is 14.2 Å². The third-order valence-electron chi connectivity index (χ3n) is 4.33. The van der Waals surface area contributed by atoms with E-state index in [0.29, 0.717) is 25.4 Å². The first-order valence-corrected chi connectivity index (χ1v) is 10.4. The van der Waals surface area contributed by atoms with E-state index in [9.17, 15) is 18.0 Å². The van der Waals surface area contributed by atoms with Gasteiger partial charge in [0.1, 0.15) is 19.5 Å². The summed E-state index contributed by atoms with van der Waals surface area (Å²) in [7, 11) is -3.51. The van der Waals surface area contributed by atoms with E-state index in [-0.39, 0.29) is 17.3 Å². The highest BCUT2D eigenvalue weighted by Gasteiger charge is 2.27. The molecule has 28 heavy (non-hydrogen) atoms. The van der Waals surface area contributed by atoms with Gasteiger partial charge in [0.25, 0.3) is 5.91 Å². The van der Waals surface area contributed by atoms with Gasteiger partial charge in [0, 0.05) is 18.8 Å². The second-order valence-corrected chi connectivity index (χ2v) is 8.31. The van der Waals surface area contributed by atoms with Crippen molar-refractivity contribution in [2.75, 3.05) is 31.6 Å². The van der Waals surface area contributed by atoms with Crippen LogP contribution in [0.5, 0.6) is 0 Å². The van der Waals surface area contributed by atoms with E-state index in [1.165, 1.54) is 35.5 Å². The van der Waals surface area contributed by atoms with Crippen molar-refractivity contribution in [3.05, 3.63) is 36.3 Å². The molecule has 3 rings (SSSR count). The summed E-state index contributed by atoms with van der Waals surface area (Å²) in [4.78, 5) is 24.3. The Kier molecular flexibility index (Phi) is 6.20. The molecule has 1 aromatic carbocycles. The molecule has 0 bridgehead atoms. The Morgan fingerprint density at radius 2 is 1.82 bits per heavy atom. The number of ether oxygens (including phenoxy) is 3. The van der Waals surface area contributed by atoms with Crippen LogP contribution in [-0.2, 0) is 33.8 Å². The first-order chi connectivity index (χ1) is 13.4. The molecule has 152 valence electrons. The maximum absolute atomic E-state index is 12.5. The van der Waals surface area contributed by atoms with Crippen molar-refractivity contribution in [3.8, 4) is 0 Å². The maximum atomic E-state index is 12.5. The number of hydrogen-bond acceptors (Lipinski definition) is 7. The number of benzene rings is 1. The van der Waals surface area contributed by atoms with Gasteiger partial charge in [-0.05, 0) is 44.0 Å². The number of esters is 1. The topological polar surface area (TPSA) is 111 Å². The van der Waals surface area contributed by atoms with Crippen LogP contribution >= 0.6 is 0 Å². The van der Waals surface area contributed by atoms with Gasteiger partial charge in [-0.15, -0.1) is 0 Å². The van der Waals surface area contributed by atoms with Crippen LogP contribution in [-0.4, -0.2) is 57.0 Å². The number of carbonyl (C=O) groups excluding carboxylic acids is 2. The molecule has 1 atom stereocenters. The zero-order chi connectivity index (χ0) is 20.1. The van der Waals surface area contributed by atoms with E-state index >= 15 is 0 Å². The number of rotatable bonds is 6. The van der Waals surface area contributed by atoms with E-state index in [0.717, 1.165) is 19.1 Å². The average Bonchev–Trinajstić information content (AvgIpc) is 3.25. The minimum Gasteiger partial charge on any atom is -0.493 e. The van der Waals surface area contributed by atoms with E-state index in [1.54, 1.807) is 0 Å². The van der Waals surface area contributed by atoms with Gasteiger partial charge in [-0.3, -0.25) is 4.79 Å². The smallest absolute Gasteiger partial charge is 0.377 e. The van der Waals surface area contributed by atoms with E-state index in [2.05, 4.69) is 5.32 Å². The first-order valence-electron chi connectivity index (χ1n) is 8.94. The van der Waals surface area contributed by atoms with Crippen LogP contribution in [0.15, 0.2) is 41.2 Å². The molecule has 10 heteroatoms. The van der Waals surface area contributed by atoms with Gasteiger partial charge in [-0.25, -0.2) is 13.2 Å². The largest absolute Gasteiger partial charge is 0.493 e. The van der Waals surface area contributed by atoms with Crippen molar-refractivity contribution in [1.29, 1.82) is 0 Å². The van der Waals surface area contributed by atoms with Gasteiger partial charge in [-0.2, -0.15) is 4.31 Å². The van der Waals surface area contributed by atoms with Gasteiger partial charge in [0.05, 0.1) is 4.90 Å². The van der Waals surface area contributed by atoms with Crippen LogP contribution in [0, 0.1) is 0 Å². The van der Waals surface area contributed by atoms with Crippen LogP contribution in [0.1, 0.15) is 19.8 Å². The van der Waals surface area contributed by atoms with Gasteiger partial charge < -0.3 is 19.5 Å². The summed E-state index contributed by atoms with van der Waals surface area (Å²) in [5.74, 6) is -1.45. The number of amides is 1. The number of nitrogens with zero attached hydrogens (tertiary/aromatic N) is 1. The van der Waals surface area contributed by atoms with Gasteiger partial charge in [0.2, 0.25) is 15.8 Å². The van der Waals surface area contributed by atoms with Gasteiger partial charge in [-0.1, -0.05) is 0 Å². The lowest BCUT2D eigenvalue weighted by Gasteiger charge is -2.18. The second-order valence-electron chi connectivity index (χ2n) is 6.37. The van der Waals surface area contributed by atoms with Crippen molar-refractivity contribution in [3.63, 3.8) is 0 Å². The van der Waals surface area contributed by atoms with E-state index < -0.39 is 28.0 Å². The van der Waals surface area contributed by atoms with Gasteiger partial charge >= 0.3 is 5.97 Å². The maximum Gasteiger partial charge on any atom is 0.377 e. The molecule has 1 amide bonds. The predicted octanol–water partition coefficient (Wildman–Crippen LogP) is 1.23. The Hall–Kier alpha value is -2.59. The number of hydrogen-bond donors (Lipinski definition) is 1. The Bertz CT molecular complexity index is 858. The predicted molar refractivity (Wildman–Crippen MR) is 98.6 cm³/mol. The Morgan fingerprint density at radius 3 is 2.43 bits per heavy atom. The number of sulfonamides is 1. The molecular weight excluding hydrogens is 388 g/mol. The van der Waals surface area contributed by atoms with Crippen LogP contribution in [0.25, 0.3) is 0 Å². The van der Waals surface area contributed by atoms with Crippen molar-refractivity contribution < 1.29 is 32.2 Å². The molecule has 1 saturated heterocycles. The average molecular weight is 410 g/mol. The summed E-state index contributed by atoms with van der Waals surface area (Å²) in [5, 5.41) is 2.58. The molecule has 0 aliphatic carbocycles. The highest BCUT2D eigenvalue weighted by atomic mass is 32.2. The fraction of sp³-hybridized carbons (Fsp3) is 0.444. The monoisotopic (exact) mass is 410 g/mol. The fourth-order valence-electron chi connectivity index (χ4n) is 2.78. The Balaban J connectivity index is 1.58. The normalized spacial score (nSPS) is 18.4. The van der Waals surface area contributed by atoms with Crippen molar-refractivity contribution in [2.45, 2.75) is 30.8 Å². The quantitative estimate of drug-likeness (QED) is 0.702. The number of anilines is 1. The Morgan fingerprint density at radius 1 is 1.14 bits per heavy atom. The number of carbonyl (C=O) groups is 2. The van der Waals surface area contributed by atoms with Crippen LogP contribution in [0.2, 0.25) is 0 Å². The zero-order valence-corrected chi connectivity index (χ0v) is 16.2. The molecule has 0 saturated carbocycles. The van der Waals surface area contributed by atoms with Crippen LogP contribution in [0.3, 0.4) is 0 Å². The molecule has 1 aromatic rings. The minimum atomic E-state index is -3.51. The van der Waals surface area contributed by atoms with Crippen LogP contribution < -0.4 is 5.32 Å². The molecule has 0 spiro atoms. The molecule has 0 unspecified atom stereocenters. The molecule has 0 radical (unpaired) electrons. The second kappa shape index (κ2) is 8.61. The lowest BCUT2D eigenvalue weighted by Crippen LogP contribution is -2.31. The molecule has 2 aliphatic rings. The molecule has 0 aromatic heterocycles. The van der Waals surface area contributed by atoms with Crippen molar-refractivity contribution in [2.24, 2.45) is 0 Å². The molecule has 1 fully saturated rings. The summed E-state index contributed by atoms with van der Waals surface area (Å²) in [6.07, 6.45) is 1.79. The molecule has 2 aliphatic heterocycles. The molecule has 2 heterocycles. The third-order valence-corrected chi connectivity index (χ3v) is 6.24. The lowest BCUT2D eigenvalue weighted by atomic mass is 10.3. The minimum absolute atomic E-state index is 0.0950. The third kappa shape index (κ3) is 4.63. The summed E-state index contributed by atoms with van der Waals surface area (Å²) < 4.78 is 41.6. The standard InChI is InChI=1S/C18H22N2O7S/c1-13(27-18(22)16-12-25-10-11-26-16)17(21)19-14-4-6-15(7-5-14)28(23,24)20-8-2-3-9-20/h4-7,12-13H,2-3,8-11H2,1H3,(H,19,21)/t13-/m0/s1. The number of nitrogens with one attached hydrogen (secondary N) is 1. The zero-order valence-electron chi connectivity index (χ0n) is 15.4. The first kappa shape index (κ1) is 20.2. The lowest BCUT2D eigenvalue weighted by molar-refractivity contribution is -0.153. The Labute approximate surface area is 163 Å². The van der Waals surface area contributed by atoms with Crippen molar-refractivity contribution in [1.82, 2.24) is 4.31 Å². The molecular formula is C18H22N2O7S. The summed E-state index contributed by atoms with van der Waals surface area (Å²) >= 11 is 0. The summed E-state index contributed by atoms with van der Waals surface area (Å²) in [5.41, 5.74) is 0.393. The summed E-state index contributed by atoms with van der Waals surface area (Å²) in [6.45, 7) is 3.04. The van der Waals surface area contributed by atoms with Gasteiger partial charge in [0.15, 0.2) is 6.10 Å². The molecule has 1 N–H and O–H groups in total.